The predicted octanol–water partition coefficient (Wildman–Crippen LogP) is 3.61. The number of hydrogen-bond donors (Lipinski definition) is 0. The molecule has 0 heterocycles. The van der Waals surface area contributed by atoms with Crippen molar-refractivity contribution >= 4 is 5.91 Å². The van der Waals surface area contributed by atoms with Crippen molar-refractivity contribution in [3.05, 3.63) is 0 Å². The Morgan fingerprint density at radius 3 is 1.80 bits per heavy atom. The fourth-order valence-electron chi connectivity index (χ4n) is 1.63. The van der Waals surface area contributed by atoms with Crippen LogP contribution >= 0.6 is 0 Å². The van der Waals surface area contributed by atoms with Gasteiger partial charge in [0.2, 0.25) is 5.91 Å². The summed E-state index contributed by atoms with van der Waals surface area (Å²) in [6, 6.07) is 0. The maximum atomic E-state index is 11.2. The van der Waals surface area contributed by atoms with E-state index in [2.05, 4.69) is 6.92 Å². The quantitative estimate of drug-likeness (QED) is 0.536. The van der Waals surface area contributed by atoms with Crippen LogP contribution in [-0.2, 0) is 4.79 Å². The van der Waals surface area contributed by atoms with E-state index in [-0.39, 0.29) is 5.91 Å². The summed E-state index contributed by atoms with van der Waals surface area (Å²) >= 11 is 0. The Bertz CT molecular complexity index is 155. The van der Waals surface area contributed by atoms with E-state index < -0.39 is 0 Å². The van der Waals surface area contributed by atoms with Crippen molar-refractivity contribution in [3.8, 4) is 0 Å². The lowest BCUT2D eigenvalue weighted by molar-refractivity contribution is -0.128. The fourth-order valence-corrected chi connectivity index (χ4v) is 1.63. The van der Waals surface area contributed by atoms with Crippen molar-refractivity contribution in [3.63, 3.8) is 0 Å². The topological polar surface area (TPSA) is 20.3 Å². The van der Waals surface area contributed by atoms with Crippen molar-refractivity contribution in [1.29, 1.82) is 0 Å². The monoisotopic (exact) mass is 213 g/mol. The minimum Gasteiger partial charge on any atom is -0.349 e. The molecule has 0 unspecified atom stereocenters. The molecule has 90 valence electrons. The van der Waals surface area contributed by atoms with E-state index in [0.29, 0.717) is 0 Å². The Balaban J connectivity index is 3.08. The van der Waals surface area contributed by atoms with Crippen LogP contribution in [0.15, 0.2) is 0 Å². The number of amides is 1. The average molecular weight is 213 g/mol. The summed E-state index contributed by atoms with van der Waals surface area (Å²) in [6.07, 6.45) is 11.1. The molecule has 0 bridgehead atoms. The largest absolute Gasteiger partial charge is 0.349 e. The first-order valence-corrected chi connectivity index (χ1v) is 6.38. The zero-order valence-electron chi connectivity index (χ0n) is 10.7. The van der Waals surface area contributed by atoms with Gasteiger partial charge < -0.3 is 4.90 Å². The van der Waals surface area contributed by atoms with Gasteiger partial charge in [-0.25, -0.2) is 0 Å². The van der Waals surface area contributed by atoms with Crippen molar-refractivity contribution < 1.29 is 4.79 Å². The zero-order valence-corrected chi connectivity index (χ0v) is 10.7. The van der Waals surface area contributed by atoms with E-state index in [0.717, 1.165) is 12.8 Å². The molecule has 0 aliphatic carbocycles. The van der Waals surface area contributed by atoms with Gasteiger partial charge in [-0.05, 0) is 6.42 Å². The smallest absolute Gasteiger partial charge is 0.222 e. The van der Waals surface area contributed by atoms with Crippen LogP contribution in [0.25, 0.3) is 0 Å². The van der Waals surface area contributed by atoms with Gasteiger partial charge in [-0.1, -0.05) is 51.9 Å². The number of hydrogen-bond acceptors (Lipinski definition) is 1. The van der Waals surface area contributed by atoms with Gasteiger partial charge in [-0.2, -0.15) is 0 Å². The van der Waals surface area contributed by atoms with Gasteiger partial charge in [-0.3, -0.25) is 4.79 Å². The summed E-state index contributed by atoms with van der Waals surface area (Å²) in [7, 11) is 3.65. The second-order valence-electron chi connectivity index (χ2n) is 4.51. The highest BCUT2D eigenvalue weighted by Crippen LogP contribution is 2.09. The van der Waals surface area contributed by atoms with Crippen LogP contribution in [0.5, 0.6) is 0 Å². The third-order valence-corrected chi connectivity index (χ3v) is 2.74. The third-order valence-electron chi connectivity index (χ3n) is 2.74. The lowest BCUT2D eigenvalue weighted by atomic mass is 10.1. The minimum atomic E-state index is 0.265. The second-order valence-corrected chi connectivity index (χ2v) is 4.51. The number of unbranched alkanes of at least 4 members (excludes halogenated alkanes) is 7. The molecule has 0 rings (SSSR count). The molecule has 0 N–H and O–H groups in total. The van der Waals surface area contributed by atoms with Crippen molar-refractivity contribution in [2.24, 2.45) is 0 Å². The van der Waals surface area contributed by atoms with Gasteiger partial charge in [0.05, 0.1) is 0 Å². The molecule has 0 aromatic rings. The molecule has 2 heteroatoms. The lowest BCUT2D eigenvalue weighted by Crippen LogP contribution is -2.20. The summed E-state index contributed by atoms with van der Waals surface area (Å²) in [5, 5.41) is 0. The molecule has 0 saturated heterocycles. The molecule has 2 nitrogen and oxygen atoms in total. The van der Waals surface area contributed by atoms with Crippen molar-refractivity contribution in [1.82, 2.24) is 4.90 Å². The predicted molar refractivity (Wildman–Crippen MR) is 65.9 cm³/mol. The van der Waals surface area contributed by atoms with Gasteiger partial charge in [0.25, 0.3) is 0 Å². The van der Waals surface area contributed by atoms with E-state index in [1.807, 2.05) is 14.1 Å². The molecule has 0 fully saturated rings. The van der Waals surface area contributed by atoms with Crippen molar-refractivity contribution in [2.75, 3.05) is 14.1 Å². The van der Waals surface area contributed by atoms with E-state index in [1.54, 1.807) is 4.90 Å². The van der Waals surface area contributed by atoms with Gasteiger partial charge in [0.15, 0.2) is 0 Å². The SMILES string of the molecule is CCCCCCCCCCC(=O)N(C)C. The highest BCUT2D eigenvalue weighted by Gasteiger charge is 2.02. The summed E-state index contributed by atoms with van der Waals surface area (Å²) in [4.78, 5) is 12.9. The molecule has 0 aliphatic rings. The molecule has 0 aromatic heterocycles. The van der Waals surface area contributed by atoms with Crippen molar-refractivity contribution in [2.45, 2.75) is 64.7 Å². The van der Waals surface area contributed by atoms with Crippen LogP contribution in [0.3, 0.4) is 0 Å². The normalized spacial score (nSPS) is 10.3. The fraction of sp³-hybridized carbons (Fsp3) is 0.923. The molecule has 0 aromatic carbocycles. The molecular weight excluding hydrogens is 186 g/mol. The van der Waals surface area contributed by atoms with Crippen LogP contribution in [0, 0.1) is 0 Å². The molecule has 1 amide bonds. The Morgan fingerprint density at radius 2 is 1.33 bits per heavy atom. The van der Waals surface area contributed by atoms with Crippen LogP contribution in [-0.4, -0.2) is 24.9 Å². The molecule has 0 saturated carbocycles. The Kier molecular flexibility index (Phi) is 9.65. The molecular formula is C13H27NO. The van der Waals surface area contributed by atoms with Gasteiger partial charge in [-0.15, -0.1) is 0 Å². The van der Waals surface area contributed by atoms with Crippen LogP contribution in [0.2, 0.25) is 0 Å². The maximum Gasteiger partial charge on any atom is 0.222 e. The average Bonchev–Trinajstić information content (AvgIpc) is 2.21. The highest BCUT2D eigenvalue weighted by atomic mass is 16.2. The Morgan fingerprint density at radius 1 is 0.867 bits per heavy atom. The summed E-state index contributed by atoms with van der Waals surface area (Å²) in [5.41, 5.74) is 0. The summed E-state index contributed by atoms with van der Waals surface area (Å²) in [5.74, 6) is 0.265. The van der Waals surface area contributed by atoms with E-state index in [4.69, 9.17) is 0 Å². The third kappa shape index (κ3) is 9.77. The second kappa shape index (κ2) is 10.0. The summed E-state index contributed by atoms with van der Waals surface area (Å²) < 4.78 is 0. The molecule has 0 radical (unpaired) electrons. The minimum absolute atomic E-state index is 0.265. The van der Waals surface area contributed by atoms with Crippen LogP contribution in [0.4, 0.5) is 0 Å². The first-order chi connectivity index (χ1) is 7.18. The Hall–Kier alpha value is -0.530. The van der Waals surface area contributed by atoms with Gasteiger partial charge >= 0.3 is 0 Å². The van der Waals surface area contributed by atoms with Crippen LogP contribution in [0.1, 0.15) is 64.7 Å². The Labute approximate surface area is 95.0 Å². The van der Waals surface area contributed by atoms with E-state index in [9.17, 15) is 4.79 Å². The zero-order chi connectivity index (χ0) is 11.5. The van der Waals surface area contributed by atoms with E-state index in [1.165, 1.54) is 44.9 Å². The lowest BCUT2D eigenvalue weighted by Gasteiger charge is -2.09. The maximum absolute atomic E-state index is 11.2. The van der Waals surface area contributed by atoms with Gasteiger partial charge in [0, 0.05) is 20.5 Å². The van der Waals surface area contributed by atoms with Gasteiger partial charge in [0.1, 0.15) is 0 Å². The molecule has 0 aliphatic heterocycles. The number of carbonyl (C=O) groups excluding carboxylic acids is 1. The van der Waals surface area contributed by atoms with Crippen LogP contribution < -0.4 is 0 Å². The standard InChI is InChI=1S/C13H27NO/c1-4-5-6-7-8-9-10-11-12-13(15)14(2)3/h4-12H2,1-3H3. The number of nitrogens with zero attached hydrogens (tertiary/aromatic N) is 1. The molecule has 0 atom stereocenters. The number of carbonyl (C=O) groups is 1. The molecule has 15 heavy (non-hydrogen) atoms. The number of rotatable bonds is 9. The first kappa shape index (κ1) is 14.5. The summed E-state index contributed by atoms with van der Waals surface area (Å²) in [6.45, 7) is 2.24. The molecule has 0 spiro atoms. The van der Waals surface area contributed by atoms with E-state index >= 15 is 0 Å². The highest BCUT2D eigenvalue weighted by molar-refractivity contribution is 5.75. The first-order valence-electron chi connectivity index (χ1n) is 6.38.